The van der Waals surface area contributed by atoms with E-state index in [2.05, 4.69) is 18.3 Å². The Morgan fingerprint density at radius 1 is 1.53 bits per heavy atom. The zero-order valence-corrected chi connectivity index (χ0v) is 9.68. The molecule has 84 valence electrons. The van der Waals surface area contributed by atoms with Gasteiger partial charge in [0.05, 0.1) is 6.07 Å². The Morgan fingerprint density at radius 2 is 2.13 bits per heavy atom. The monoisotopic (exact) mass is 208 g/mol. The van der Waals surface area contributed by atoms with Crippen molar-refractivity contribution in [3.63, 3.8) is 0 Å². The van der Waals surface area contributed by atoms with E-state index in [0.717, 1.165) is 32.1 Å². The molecular weight excluding hydrogens is 188 g/mol. The van der Waals surface area contributed by atoms with E-state index in [0.29, 0.717) is 12.3 Å². The first-order chi connectivity index (χ1) is 7.12. The largest absolute Gasteiger partial charge is 0.338 e. The number of carbonyl (C=O) groups excluding carboxylic acids is 1. The molecule has 1 fully saturated rings. The number of hydrogen-bond acceptors (Lipinski definition) is 2. The third kappa shape index (κ3) is 3.23. The number of nitrogens with one attached hydrogen (secondary N) is 1. The zero-order valence-electron chi connectivity index (χ0n) is 9.68. The van der Waals surface area contributed by atoms with Crippen LogP contribution >= 0.6 is 0 Å². The van der Waals surface area contributed by atoms with E-state index in [1.165, 1.54) is 0 Å². The normalized spacial score (nSPS) is 30.6. The Bertz CT molecular complexity index is 259. The Morgan fingerprint density at radius 3 is 2.60 bits per heavy atom. The average Bonchev–Trinajstić information content (AvgIpc) is 2.22. The second-order valence-electron chi connectivity index (χ2n) is 4.67. The predicted molar refractivity (Wildman–Crippen MR) is 59.0 cm³/mol. The standard InChI is InChI=1S/C12H20N2O/c1-3-4-11(15)14-12(9-13)7-5-10(2)6-8-12/h10H,3-8H2,1-2H3,(H,14,15). The van der Waals surface area contributed by atoms with E-state index >= 15 is 0 Å². The van der Waals surface area contributed by atoms with Crippen LogP contribution in [0.15, 0.2) is 0 Å². The minimum absolute atomic E-state index is 0.0219. The van der Waals surface area contributed by atoms with Crippen molar-refractivity contribution in [3.05, 3.63) is 0 Å². The molecule has 0 atom stereocenters. The molecule has 1 N–H and O–H groups in total. The van der Waals surface area contributed by atoms with Gasteiger partial charge in [-0.05, 0) is 38.0 Å². The highest BCUT2D eigenvalue weighted by molar-refractivity contribution is 5.77. The maximum atomic E-state index is 11.5. The fourth-order valence-electron chi connectivity index (χ4n) is 2.08. The number of rotatable bonds is 3. The van der Waals surface area contributed by atoms with E-state index in [9.17, 15) is 10.1 Å². The van der Waals surface area contributed by atoms with E-state index in [4.69, 9.17) is 0 Å². The third-order valence-corrected chi connectivity index (χ3v) is 3.20. The van der Waals surface area contributed by atoms with Gasteiger partial charge in [-0.3, -0.25) is 4.79 Å². The first-order valence-corrected chi connectivity index (χ1v) is 5.84. The fourth-order valence-corrected chi connectivity index (χ4v) is 2.08. The highest BCUT2D eigenvalue weighted by Crippen LogP contribution is 2.31. The van der Waals surface area contributed by atoms with Gasteiger partial charge in [0.2, 0.25) is 5.91 Å². The summed E-state index contributed by atoms with van der Waals surface area (Å²) in [6, 6.07) is 2.30. The SMILES string of the molecule is CCCC(=O)NC1(C#N)CCC(C)CC1. The highest BCUT2D eigenvalue weighted by Gasteiger charge is 2.35. The van der Waals surface area contributed by atoms with Gasteiger partial charge >= 0.3 is 0 Å². The molecule has 0 aromatic rings. The van der Waals surface area contributed by atoms with Crippen molar-refractivity contribution in [2.75, 3.05) is 0 Å². The van der Waals surface area contributed by atoms with Crippen LogP contribution in [0.3, 0.4) is 0 Å². The predicted octanol–water partition coefficient (Wildman–Crippen LogP) is 2.38. The van der Waals surface area contributed by atoms with Gasteiger partial charge in [-0.2, -0.15) is 5.26 Å². The Labute approximate surface area is 91.9 Å². The van der Waals surface area contributed by atoms with Crippen molar-refractivity contribution in [1.82, 2.24) is 5.32 Å². The molecule has 0 aliphatic heterocycles. The van der Waals surface area contributed by atoms with Crippen LogP contribution < -0.4 is 5.32 Å². The minimum Gasteiger partial charge on any atom is -0.338 e. The molecule has 0 aromatic carbocycles. The van der Waals surface area contributed by atoms with Crippen molar-refractivity contribution >= 4 is 5.91 Å². The Kier molecular flexibility index (Phi) is 4.14. The first-order valence-electron chi connectivity index (χ1n) is 5.84. The molecule has 1 aliphatic carbocycles. The number of hydrogen-bond donors (Lipinski definition) is 1. The van der Waals surface area contributed by atoms with Gasteiger partial charge in [-0.15, -0.1) is 0 Å². The minimum atomic E-state index is -0.571. The lowest BCUT2D eigenvalue weighted by Gasteiger charge is -2.34. The summed E-state index contributed by atoms with van der Waals surface area (Å²) in [4.78, 5) is 11.5. The quantitative estimate of drug-likeness (QED) is 0.774. The lowest BCUT2D eigenvalue weighted by Crippen LogP contribution is -2.49. The van der Waals surface area contributed by atoms with E-state index < -0.39 is 5.54 Å². The molecule has 3 heteroatoms. The summed E-state index contributed by atoms with van der Waals surface area (Å²) in [7, 11) is 0. The molecule has 1 saturated carbocycles. The van der Waals surface area contributed by atoms with Gasteiger partial charge in [-0.1, -0.05) is 13.8 Å². The molecule has 1 aliphatic rings. The molecule has 0 aromatic heterocycles. The highest BCUT2D eigenvalue weighted by atomic mass is 16.1. The number of nitriles is 1. The maximum absolute atomic E-state index is 11.5. The van der Waals surface area contributed by atoms with Crippen LogP contribution in [0.2, 0.25) is 0 Å². The first kappa shape index (κ1) is 12.0. The topological polar surface area (TPSA) is 52.9 Å². The summed E-state index contributed by atoms with van der Waals surface area (Å²) in [6.07, 6.45) is 5.06. The van der Waals surface area contributed by atoms with Crippen molar-refractivity contribution < 1.29 is 4.79 Å². The molecule has 0 radical (unpaired) electrons. The maximum Gasteiger partial charge on any atom is 0.221 e. The van der Waals surface area contributed by atoms with Crippen molar-refractivity contribution in [2.24, 2.45) is 5.92 Å². The molecule has 0 heterocycles. The van der Waals surface area contributed by atoms with Crippen LogP contribution in [0.5, 0.6) is 0 Å². The summed E-state index contributed by atoms with van der Waals surface area (Å²) >= 11 is 0. The van der Waals surface area contributed by atoms with Crippen molar-refractivity contribution in [2.45, 2.75) is 57.9 Å². The van der Waals surface area contributed by atoms with Gasteiger partial charge < -0.3 is 5.32 Å². The fraction of sp³-hybridized carbons (Fsp3) is 0.833. The lowest BCUT2D eigenvalue weighted by atomic mass is 9.78. The number of nitrogens with zero attached hydrogens (tertiary/aromatic N) is 1. The molecule has 0 saturated heterocycles. The second kappa shape index (κ2) is 5.16. The Hall–Kier alpha value is -1.04. The van der Waals surface area contributed by atoms with Crippen LogP contribution in [0.4, 0.5) is 0 Å². The molecular formula is C12H20N2O. The van der Waals surface area contributed by atoms with E-state index in [1.807, 2.05) is 6.92 Å². The van der Waals surface area contributed by atoms with Crippen molar-refractivity contribution in [1.29, 1.82) is 5.26 Å². The van der Waals surface area contributed by atoms with E-state index in [-0.39, 0.29) is 5.91 Å². The summed E-state index contributed by atoms with van der Waals surface area (Å²) in [5.41, 5.74) is -0.571. The smallest absolute Gasteiger partial charge is 0.221 e. The van der Waals surface area contributed by atoms with Crippen LogP contribution in [-0.4, -0.2) is 11.4 Å². The molecule has 15 heavy (non-hydrogen) atoms. The second-order valence-corrected chi connectivity index (χ2v) is 4.67. The molecule has 0 unspecified atom stereocenters. The van der Waals surface area contributed by atoms with Crippen LogP contribution in [0.25, 0.3) is 0 Å². The third-order valence-electron chi connectivity index (χ3n) is 3.20. The van der Waals surface area contributed by atoms with Crippen LogP contribution in [0, 0.1) is 17.2 Å². The molecule has 1 rings (SSSR count). The number of carbonyl (C=O) groups is 1. The van der Waals surface area contributed by atoms with E-state index in [1.54, 1.807) is 0 Å². The van der Waals surface area contributed by atoms with Crippen molar-refractivity contribution in [3.8, 4) is 6.07 Å². The summed E-state index contributed by atoms with van der Waals surface area (Å²) in [5, 5.41) is 12.1. The van der Waals surface area contributed by atoms with Gasteiger partial charge in [0.25, 0.3) is 0 Å². The van der Waals surface area contributed by atoms with Gasteiger partial charge in [0, 0.05) is 6.42 Å². The van der Waals surface area contributed by atoms with Gasteiger partial charge in [0.15, 0.2) is 0 Å². The van der Waals surface area contributed by atoms with Crippen LogP contribution in [0.1, 0.15) is 52.4 Å². The summed E-state index contributed by atoms with van der Waals surface area (Å²) in [6.45, 7) is 4.18. The Balaban J connectivity index is 2.55. The zero-order chi connectivity index (χ0) is 11.3. The molecule has 1 amide bonds. The average molecular weight is 208 g/mol. The summed E-state index contributed by atoms with van der Waals surface area (Å²) in [5.74, 6) is 0.711. The molecule has 0 spiro atoms. The molecule has 3 nitrogen and oxygen atoms in total. The lowest BCUT2D eigenvalue weighted by molar-refractivity contribution is -0.122. The van der Waals surface area contributed by atoms with Crippen LogP contribution in [-0.2, 0) is 4.79 Å². The number of amides is 1. The summed E-state index contributed by atoms with van der Waals surface area (Å²) < 4.78 is 0. The van der Waals surface area contributed by atoms with Gasteiger partial charge in [-0.25, -0.2) is 0 Å². The molecule has 0 bridgehead atoms. The van der Waals surface area contributed by atoms with Gasteiger partial charge in [0.1, 0.15) is 5.54 Å².